The zero-order chi connectivity index (χ0) is 16.1. The topological polar surface area (TPSA) is 79.9 Å². The fourth-order valence-electron chi connectivity index (χ4n) is 2.13. The van der Waals surface area contributed by atoms with Crippen LogP contribution in [0.25, 0.3) is 11.3 Å². The highest BCUT2D eigenvalue weighted by Gasteiger charge is 2.10. The van der Waals surface area contributed by atoms with Gasteiger partial charge in [0.25, 0.3) is 5.91 Å². The van der Waals surface area contributed by atoms with Crippen molar-refractivity contribution in [3.8, 4) is 17.0 Å². The fourth-order valence-corrected chi connectivity index (χ4v) is 2.13. The molecule has 0 saturated heterocycles. The first kappa shape index (κ1) is 14.8. The molecule has 0 aliphatic carbocycles. The average molecular weight is 308 g/mol. The summed E-state index contributed by atoms with van der Waals surface area (Å²) in [5, 5.41) is 9.78. The van der Waals surface area contributed by atoms with E-state index in [9.17, 15) is 4.79 Å². The SMILES string of the molecule is COc1ccc(-c2cc(C(=O)NCc3ccncc3)[nH]n2)cc1. The summed E-state index contributed by atoms with van der Waals surface area (Å²) >= 11 is 0. The second-order valence-electron chi connectivity index (χ2n) is 4.93. The number of ether oxygens (including phenoxy) is 1. The van der Waals surface area contributed by atoms with Crippen molar-refractivity contribution in [2.45, 2.75) is 6.54 Å². The van der Waals surface area contributed by atoms with Crippen molar-refractivity contribution in [3.63, 3.8) is 0 Å². The molecule has 3 aromatic rings. The first-order valence-corrected chi connectivity index (χ1v) is 7.13. The number of hydrogen-bond donors (Lipinski definition) is 2. The van der Waals surface area contributed by atoms with Gasteiger partial charge in [-0.05, 0) is 48.0 Å². The number of carbonyl (C=O) groups excluding carboxylic acids is 1. The van der Waals surface area contributed by atoms with Crippen LogP contribution in [0, 0.1) is 0 Å². The molecule has 0 spiro atoms. The minimum absolute atomic E-state index is 0.200. The lowest BCUT2D eigenvalue weighted by atomic mass is 10.1. The first-order valence-electron chi connectivity index (χ1n) is 7.13. The molecule has 6 heteroatoms. The van der Waals surface area contributed by atoms with E-state index in [4.69, 9.17) is 4.74 Å². The molecule has 0 fully saturated rings. The molecule has 3 rings (SSSR count). The predicted octanol–water partition coefficient (Wildman–Crippen LogP) is 2.41. The highest BCUT2D eigenvalue weighted by molar-refractivity contribution is 5.93. The number of hydrogen-bond acceptors (Lipinski definition) is 4. The zero-order valence-electron chi connectivity index (χ0n) is 12.6. The summed E-state index contributed by atoms with van der Waals surface area (Å²) in [5.74, 6) is 0.577. The summed E-state index contributed by atoms with van der Waals surface area (Å²) < 4.78 is 5.13. The van der Waals surface area contributed by atoms with Crippen molar-refractivity contribution in [2.24, 2.45) is 0 Å². The van der Waals surface area contributed by atoms with E-state index >= 15 is 0 Å². The third-order valence-electron chi connectivity index (χ3n) is 3.41. The molecule has 0 aliphatic rings. The molecule has 0 saturated carbocycles. The second-order valence-corrected chi connectivity index (χ2v) is 4.93. The Balaban J connectivity index is 1.67. The molecule has 6 nitrogen and oxygen atoms in total. The van der Waals surface area contributed by atoms with Crippen LogP contribution in [0.15, 0.2) is 54.9 Å². The highest BCUT2D eigenvalue weighted by Crippen LogP contribution is 2.21. The second kappa shape index (κ2) is 6.74. The van der Waals surface area contributed by atoms with Gasteiger partial charge in [-0.25, -0.2) is 0 Å². The van der Waals surface area contributed by atoms with Gasteiger partial charge in [0.2, 0.25) is 0 Å². The van der Waals surface area contributed by atoms with Gasteiger partial charge in [0.1, 0.15) is 11.4 Å². The van der Waals surface area contributed by atoms with Crippen LogP contribution in [-0.2, 0) is 6.54 Å². The minimum Gasteiger partial charge on any atom is -0.497 e. The number of amides is 1. The maximum Gasteiger partial charge on any atom is 0.269 e. The van der Waals surface area contributed by atoms with Gasteiger partial charge in [0, 0.05) is 24.5 Å². The molecule has 23 heavy (non-hydrogen) atoms. The van der Waals surface area contributed by atoms with E-state index in [0.717, 1.165) is 16.9 Å². The van der Waals surface area contributed by atoms with E-state index in [1.54, 1.807) is 25.6 Å². The fraction of sp³-hybridized carbons (Fsp3) is 0.118. The van der Waals surface area contributed by atoms with Crippen molar-refractivity contribution in [1.82, 2.24) is 20.5 Å². The van der Waals surface area contributed by atoms with Crippen LogP contribution < -0.4 is 10.1 Å². The number of aromatic nitrogens is 3. The number of nitrogens with one attached hydrogen (secondary N) is 2. The zero-order valence-corrected chi connectivity index (χ0v) is 12.6. The van der Waals surface area contributed by atoms with E-state index in [0.29, 0.717) is 17.9 Å². The highest BCUT2D eigenvalue weighted by atomic mass is 16.5. The van der Waals surface area contributed by atoms with Crippen molar-refractivity contribution in [3.05, 3.63) is 66.1 Å². The molecular formula is C17H16N4O2. The lowest BCUT2D eigenvalue weighted by Crippen LogP contribution is -2.23. The lowest BCUT2D eigenvalue weighted by molar-refractivity contribution is 0.0946. The molecular weight excluding hydrogens is 292 g/mol. The Morgan fingerprint density at radius 3 is 2.61 bits per heavy atom. The van der Waals surface area contributed by atoms with Crippen LogP contribution in [-0.4, -0.2) is 28.2 Å². The smallest absolute Gasteiger partial charge is 0.269 e. The molecule has 0 unspecified atom stereocenters. The van der Waals surface area contributed by atoms with E-state index < -0.39 is 0 Å². The first-order chi connectivity index (χ1) is 11.3. The lowest BCUT2D eigenvalue weighted by Gasteiger charge is -2.02. The van der Waals surface area contributed by atoms with Crippen molar-refractivity contribution in [1.29, 1.82) is 0 Å². The Morgan fingerprint density at radius 2 is 1.91 bits per heavy atom. The molecule has 0 radical (unpaired) electrons. The molecule has 0 aliphatic heterocycles. The van der Waals surface area contributed by atoms with Crippen LogP contribution in [0.1, 0.15) is 16.1 Å². The van der Waals surface area contributed by atoms with Gasteiger partial charge in [-0.3, -0.25) is 14.9 Å². The Morgan fingerprint density at radius 1 is 1.17 bits per heavy atom. The number of methoxy groups -OCH3 is 1. The summed E-state index contributed by atoms with van der Waals surface area (Å²) in [6.45, 7) is 0.443. The van der Waals surface area contributed by atoms with Crippen LogP contribution in [0.2, 0.25) is 0 Å². The Hall–Kier alpha value is -3.15. The molecule has 116 valence electrons. The number of pyridine rings is 1. The summed E-state index contributed by atoms with van der Waals surface area (Å²) in [5.41, 5.74) is 3.03. The monoisotopic (exact) mass is 308 g/mol. The van der Waals surface area contributed by atoms with Crippen molar-refractivity contribution < 1.29 is 9.53 Å². The van der Waals surface area contributed by atoms with Gasteiger partial charge in [-0.1, -0.05) is 0 Å². The van der Waals surface area contributed by atoms with Crippen LogP contribution >= 0.6 is 0 Å². The number of nitrogens with zero attached hydrogens (tertiary/aromatic N) is 2. The molecule has 1 amide bonds. The molecule has 2 aromatic heterocycles. The van der Waals surface area contributed by atoms with Gasteiger partial charge in [-0.2, -0.15) is 5.10 Å². The number of aromatic amines is 1. The predicted molar refractivity (Wildman–Crippen MR) is 86.0 cm³/mol. The summed E-state index contributed by atoms with van der Waals surface area (Å²) in [6, 6.07) is 12.9. The molecule has 2 N–H and O–H groups in total. The quantitative estimate of drug-likeness (QED) is 0.758. The summed E-state index contributed by atoms with van der Waals surface area (Å²) in [7, 11) is 1.62. The number of rotatable bonds is 5. The van der Waals surface area contributed by atoms with E-state index in [-0.39, 0.29) is 5.91 Å². The standard InChI is InChI=1S/C17H16N4O2/c1-23-14-4-2-13(3-5-14)15-10-16(21-20-15)17(22)19-11-12-6-8-18-9-7-12/h2-10H,11H2,1H3,(H,19,22)(H,20,21). The van der Waals surface area contributed by atoms with E-state index in [1.807, 2.05) is 36.4 Å². The van der Waals surface area contributed by atoms with Crippen LogP contribution in [0.3, 0.4) is 0 Å². The van der Waals surface area contributed by atoms with E-state index in [1.165, 1.54) is 0 Å². The number of benzene rings is 1. The van der Waals surface area contributed by atoms with Gasteiger partial charge in [0.05, 0.1) is 12.8 Å². The molecule has 2 heterocycles. The normalized spacial score (nSPS) is 10.3. The van der Waals surface area contributed by atoms with Crippen LogP contribution in [0.4, 0.5) is 0 Å². The Kier molecular flexibility index (Phi) is 4.33. The van der Waals surface area contributed by atoms with Crippen molar-refractivity contribution in [2.75, 3.05) is 7.11 Å². The average Bonchev–Trinajstić information content (AvgIpc) is 3.11. The Bertz CT molecular complexity index is 782. The van der Waals surface area contributed by atoms with Gasteiger partial charge >= 0.3 is 0 Å². The minimum atomic E-state index is -0.200. The maximum atomic E-state index is 12.1. The Labute approximate surface area is 133 Å². The molecule has 0 bridgehead atoms. The summed E-state index contributed by atoms with van der Waals surface area (Å²) in [4.78, 5) is 16.1. The largest absolute Gasteiger partial charge is 0.497 e. The third-order valence-corrected chi connectivity index (χ3v) is 3.41. The van der Waals surface area contributed by atoms with E-state index in [2.05, 4.69) is 20.5 Å². The van der Waals surface area contributed by atoms with Gasteiger partial charge in [0.15, 0.2) is 0 Å². The number of H-pyrrole nitrogens is 1. The summed E-state index contributed by atoms with van der Waals surface area (Å²) in [6.07, 6.45) is 3.39. The van der Waals surface area contributed by atoms with Crippen molar-refractivity contribution >= 4 is 5.91 Å². The molecule has 0 atom stereocenters. The van der Waals surface area contributed by atoms with Crippen LogP contribution in [0.5, 0.6) is 5.75 Å². The third kappa shape index (κ3) is 3.55. The molecule has 1 aromatic carbocycles. The number of carbonyl (C=O) groups is 1. The maximum absolute atomic E-state index is 12.1. The van der Waals surface area contributed by atoms with Gasteiger partial charge in [-0.15, -0.1) is 0 Å². The van der Waals surface area contributed by atoms with Gasteiger partial charge < -0.3 is 10.1 Å².